The molecule has 0 spiro atoms. The number of imidazole rings is 1. The molecule has 0 aliphatic heterocycles. The highest BCUT2D eigenvalue weighted by molar-refractivity contribution is 5.91. The number of nitrogens with zero attached hydrogens (tertiary/aromatic N) is 4. The minimum absolute atomic E-state index is 0.247. The summed E-state index contributed by atoms with van der Waals surface area (Å²) in [6.45, 7) is 6.57. The van der Waals surface area contributed by atoms with Crippen LogP contribution in [0.3, 0.4) is 0 Å². The van der Waals surface area contributed by atoms with Crippen molar-refractivity contribution in [2.75, 3.05) is 5.32 Å². The van der Waals surface area contributed by atoms with Crippen LogP contribution < -0.4 is 16.6 Å². The monoisotopic (exact) mass is 459 g/mol. The van der Waals surface area contributed by atoms with E-state index in [1.807, 2.05) is 55.5 Å². The van der Waals surface area contributed by atoms with Gasteiger partial charge in [-0.3, -0.25) is 14.2 Å². The maximum atomic E-state index is 13.4. The third kappa shape index (κ3) is 4.85. The van der Waals surface area contributed by atoms with Gasteiger partial charge in [0.25, 0.3) is 5.56 Å². The summed E-state index contributed by atoms with van der Waals surface area (Å²) in [7, 11) is 0. The van der Waals surface area contributed by atoms with Gasteiger partial charge in [0.2, 0.25) is 5.91 Å². The number of anilines is 1. The molecule has 0 aliphatic rings. The fraction of sp³-hybridized carbons (Fsp3) is 0.308. The van der Waals surface area contributed by atoms with E-state index >= 15 is 0 Å². The predicted molar refractivity (Wildman–Crippen MR) is 133 cm³/mol. The summed E-state index contributed by atoms with van der Waals surface area (Å²) in [4.78, 5) is 44.1. The van der Waals surface area contributed by atoms with Gasteiger partial charge in [0, 0.05) is 12.2 Å². The number of para-hydroxylation sites is 1. The van der Waals surface area contributed by atoms with Crippen LogP contribution in [0.1, 0.15) is 31.4 Å². The quantitative estimate of drug-likeness (QED) is 0.437. The van der Waals surface area contributed by atoms with Crippen molar-refractivity contribution >= 4 is 22.8 Å². The molecule has 0 fully saturated rings. The zero-order valence-corrected chi connectivity index (χ0v) is 19.7. The van der Waals surface area contributed by atoms with Crippen molar-refractivity contribution in [2.45, 2.75) is 46.8 Å². The summed E-state index contributed by atoms with van der Waals surface area (Å²) >= 11 is 0. The Morgan fingerprint density at radius 1 is 1.00 bits per heavy atom. The van der Waals surface area contributed by atoms with Crippen molar-refractivity contribution in [3.63, 3.8) is 0 Å². The first-order valence-corrected chi connectivity index (χ1v) is 11.4. The van der Waals surface area contributed by atoms with Crippen LogP contribution in [0.5, 0.6) is 0 Å². The number of fused-ring (bicyclic) bond motifs is 1. The molecule has 1 amide bonds. The van der Waals surface area contributed by atoms with Crippen LogP contribution in [0.15, 0.2) is 70.5 Å². The molecule has 0 aliphatic carbocycles. The Balaban J connectivity index is 1.79. The van der Waals surface area contributed by atoms with Gasteiger partial charge < -0.3 is 9.88 Å². The second-order valence-electron chi connectivity index (χ2n) is 8.90. The second kappa shape index (κ2) is 9.91. The minimum atomic E-state index is -0.560. The molecule has 34 heavy (non-hydrogen) atoms. The van der Waals surface area contributed by atoms with Crippen molar-refractivity contribution in [3.05, 3.63) is 92.9 Å². The first-order valence-electron chi connectivity index (χ1n) is 11.4. The lowest BCUT2D eigenvalue weighted by molar-refractivity contribution is -0.116. The molecule has 0 saturated heterocycles. The van der Waals surface area contributed by atoms with Gasteiger partial charge in [-0.25, -0.2) is 14.3 Å². The van der Waals surface area contributed by atoms with Crippen LogP contribution in [0, 0.1) is 12.8 Å². The van der Waals surface area contributed by atoms with Crippen LogP contribution in [0.2, 0.25) is 0 Å². The molecule has 2 aromatic carbocycles. The molecule has 8 heteroatoms. The fourth-order valence-electron chi connectivity index (χ4n) is 3.90. The molecule has 2 heterocycles. The van der Waals surface area contributed by atoms with Crippen molar-refractivity contribution in [2.24, 2.45) is 5.92 Å². The molecule has 0 bridgehead atoms. The van der Waals surface area contributed by atoms with Gasteiger partial charge in [-0.15, -0.1) is 0 Å². The highest BCUT2D eigenvalue weighted by Gasteiger charge is 2.20. The van der Waals surface area contributed by atoms with Crippen molar-refractivity contribution in [1.29, 1.82) is 0 Å². The van der Waals surface area contributed by atoms with Crippen molar-refractivity contribution in [3.8, 4) is 0 Å². The summed E-state index contributed by atoms with van der Waals surface area (Å²) in [6, 6.07) is 16.9. The number of nitrogens with one attached hydrogen (secondary N) is 1. The van der Waals surface area contributed by atoms with E-state index in [4.69, 9.17) is 0 Å². The average Bonchev–Trinajstić information content (AvgIpc) is 3.24. The summed E-state index contributed by atoms with van der Waals surface area (Å²) in [6.07, 6.45) is 2.46. The van der Waals surface area contributed by atoms with E-state index in [0.717, 1.165) is 22.1 Å². The molecule has 1 N–H and O–H groups in total. The first-order chi connectivity index (χ1) is 16.3. The molecule has 4 rings (SSSR count). The van der Waals surface area contributed by atoms with E-state index in [1.54, 1.807) is 17.0 Å². The third-order valence-corrected chi connectivity index (χ3v) is 5.84. The lowest BCUT2D eigenvalue weighted by Crippen LogP contribution is -2.43. The van der Waals surface area contributed by atoms with E-state index in [-0.39, 0.29) is 13.1 Å². The Bertz CT molecular complexity index is 1430. The second-order valence-corrected chi connectivity index (χ2v) is 8.90. The van der Waals surface area contributed by atoms with E-state index < -0.39 is 17.2 Å². The largest absolute Gasteiger partial charge is 0.333 e. The molecule has 0 unspecified atom stereocenters. The van der Waals surface area contributed by atoms with E-state index in [1.165, 1.54) is 4.57 Å². The molecular formula is C26H29N5O3. The molecule has 0 saturated carbocycles. The molecule has 176 valence electrons. The van der Waals surface area contributed by atoms with Gasteiger partial charge in [-0.2, -0.15) is 0 Å². The standard InChI is InChI=1S/C26H29N5O3/c1-18(2)13-14-29-17-27-24-23(29)25(33)31(16-22(32)28-21-12-8-7-9-19(21)3)26(34)30(24)15-20-10-5-4-6-11-20/h4-12,17-18H,13-16H2,1-3H3,(H,28,32). The van der Waals surface area contributed by atoms with Gasteiger partial charge in [0.15, 0.2) is 11.2 Å². The Morgan fingerprint density at radius 3 is 2.41 bits per heavy atom. The van der Waals surface area contributed by atoms with E-state index in [0.29, 0.717) is 29.3 Å². The molecular weight excluding hydrogens is 430 g/mol. The number of rotatable bonds is 8. The summed E-state index contributed by atoms with van der Waals surface area (Å²) in [5, 5.41) is 2.81. The van der Waals surface area contributed by atoms with Crippen LogP contribution in [0.4, 0.5) is 5.69 Å². The Labute approximate surface area is 197 Å². The topological polar surface area (TPSA) is 90.9 Å². The summed E-state index contributed by atoms with van der Waals surface area (Å²) in [5.41, 5.74) is 2.04. The minimum Gasteiger partial charge on any atom is -0.325 e. The first kappa shape index (κ1) is 23.2. The number of benzene rings is 2. The van der Waals surface area contributed by atoms with Gasteiger partial charge >= 0.3 is 5.69 Å². The number of hydrogen-bond donors (Lipinski definition) is 1. The number of aromatic nitrogens is 4. The zero-order valence-electron chi connectivity index (χ0n) is 19.7. The average molecular weight is 460 g/mol. The molecule has 0 radical (unpaired) electrons. The van der Waals surface area contributed by atoms with Gasteiger partial charge in [-0.1, -0.05) is 62.4 Å². The van der Waals surface area contributed by atoms with E-state index in [2.05, 4.69) is 24.1 Å². The maximum absolute atomic E-state index is 13.4. The fourth-order valence-corrected chi connectivity index (χ4v) is 3.90. The molecule has 2 aromatic heterocycles. The van der Waals surface area contributed by atoms with Crippen LogP contribution in [0.25, 0.3) is 11.2 Å². The smallest absolute Gasteiger partial charge is 0.325 e. The summed E-state index contributed by atoms with van der Waals surface area (Å²) < 4.78 is 4.26. The highest BCUT2D eigenvalue weighted by atomic mass is 16.2. The lowest BCUT2D eigenvalue weighted by atomic mass is 10.1. The van der Waals surface area contributed by atoms with E-state index in [9.17, 15) is 14.4 Å². The maximum Gasteiger partial charge on any atom is 0.333 e. The molecule has 8 nitrogen and oxygen atoms in total. The number of amides is 1. The Morgan fingerprint density at radius 2 is 1.71 bits per heavy atom. The number of aryl methyl sites for hydroxylation is 2. The normalized spacial score (nSPS) is 11.3. The zero-order chi connectivity index (χ0) is 24.2. The van der Waals surface area contributed by atoms with Crippen LogP contribution >= 0.6 is 0 Å². The molecule has 4 aromatic rings. The van der Waals surface area contributed by atoms with Crippen LogP contribution in [-0.4, -0.2) is 24.6 Å². The predicted octanol–water partition coefficient (Wildman–Crippen LogP) is 3.40. The van der Waals surface area contributed by atoms with Gasteiger partial charge in [-0.05, 0) is 36.5 Å². The third-order valence-electron chi connectivity index (χ3n) is 5.84. The number of carbonyl (C=O) groups excluding carboxylic acids is 1. The number of hydrogen-bond acceptors (Lipinski definition) is 4. The van der Waals surface area contributed by atoms with Gasteiger partial charge in [0.1, 0.15) is 6.54 Å². The lowest BCUT2D eigenvalue weighted by Gasteiger charge is -2.14. The number of carbonyl (C=O) groups is 1. The highest BCUT2D eigenvalue weighted by Crippen LogP contribution is 2.14. The van der Waals surface area contributed by atoms with Crippen LogP contribution in [-0.2, 0) is 24.4 Å². The SMILES string of the molecule is Cc1ccccc1NC(=O)Cn1c(=O)c2c(ncn2CCC(C)C)n(Cc2ccccc2)c1=O. The van der Waals surface area contributed by atoms with Crippen molar-refractivity contribution < 1.29 is 4.79 Å². The summed E-state index contributed by atoms with van der Waals surface area (Å²) in [5.74, 6) is 0.00199. The Hall–Kier alpha value is -3.94. The van der Waals surface area contributed by atoms with Crippen molar-refractivity contribution in [1.82, 2.24) is 18.7 Å². The Kier molecular flexibility index (Phi) is 6.77. The van der Waals surface area contributed by atoms with Gasteiger partial charge in [0.05, 0.1) is 12.9 Å². The molecule has 0 atom stereocenters.